The van der Waals surface area contributed by atoms with Crippen LogP contribution in [0.15, 0.2) is 67.0 Å². The van der Waals surface area contributed by atoms with Gasteiger partial charge in [0.15, 0.2) is 5.65 Å². The summed E-state index contributed by atoms with van der Waals surface area (Å²) < 4.78 is 60.7. The predicted octanol–water partition coefficient (Wildman–Crippen LogP) is 6.20. The number of anilines is 2. The third kappa shape index (κ3) is 6.43. The van der Waals surface area contributed by atoms with Gasteiger partial charge in [-0.1, -0.05) is 18.2 Å². The Morgan fingerprint density at radius 3 is 2.60 bits per heavy atom. The summed E-state index contributed by atoms with van der Waals surface area (Å²) >= 11 is 0. The number of likely N-dealkylation sites (tertiary alicyclic amines) is 1. The first-order valence-electron chi connectivity index (χ1n) is 14.6. The fourth-order valence-electron chi connectivity index (χ4n) is 5.78. The molecule has 47 heavy (non-hydrogen) atoms. The molecule has 240 valence electrons. The van der Waals surface area contributed by atoms with Gasteiger partial charge in [-0.25, -0.2) is 19.0 Å². The van der Waals surface area contributed by atoms with Crippen molar-refractivity contribution in [3.8, 4) is 23.1 Å². The molecule has 5 aromatic rings. The third-order valence-corrected chi connectivity index (χ3v) is 8.15. The van der Waals surface area contributed by atoms with Crippen LogP contribution in [0.1, 0.15) is 45.9 Å². The minimum atomic E-state index is -4.75. The molecule has 1 saturated heterocycles. The maximum atomic E-state index is 14.5. The highest BCUT2D eigenvalue weighted by atomic mass is 19.4. The van der Waals surface area contributed by atoms with Crippen LogP contribution < -0.4 is 15.8 Å². The molecule has 1 aliphatic rings. The number of piperidine rings is 1. The zero-order valence-electron chi connectivity index (χ0n) is 25.1. The third-order valence-electron chi connectivity index (χ3n) is 8.15. The summed E-state index contributed by atoms with van der Waals surface area (Å²) in [5.41, 5.74) is 8.10. The number of nitrogen functional groups attached to an aromatic ring is 1. The molecular formula is C33H28F4N8O2. The van der Waals surface area contributed by atoms with Gasteiger partial charge < -0.3 is 15.8 Å². The van der Waals surface area contributed by atoms with Crippen molar-refractivity contribution >= 4 is 28.4 Å². The lowest BCUT2D eigenvalue weighted by Gasteiger charge is -2.32. The molecule has 0 aliphatic carbocycles. The number of amides is 1. The molecule has 0 atom stereocenters. The summed E-state index contributed by atoms with van der Waals surface area (Å²) in [6.45, 7) is 2.34. The van der Waals surface area contributed by atoms with Crippen LogP contribution in [0.4, 0.5) is 29.1 Å². The Morgan fingerprint density at radius 1 is 1.11 bits per heavy atom. The molecule has 3 N–H and O–H groups in total. The monoisotopic (exact) mass is 644 g/mol. The Bertz CT molecular complexity index is 2010. The van der Waals surface area contributed by atoms with Crippen LogP contribution in [0.25, 0.3) is 22.3 Å². The Hall–Kier alpha value is -5.55. The number of fused-ring (bicyclic) bond motifs is 1. The van der Waals surface area contributed by atoms with E-state index in [1.165, 1.54) is 19.5 Å². The molecule has 6 rings (SSSR count). The van der Waals surface area contributed by atoms with Crippen molar-refractivity contribution in [3.63, 3.8) is 0 Å². The van der Waals surface area contributed by atoms with Crippen LogP contribution in [-0.2, 0) is 12.7 Å². The molecule has 10 nitrogen and oxygen atoms in total. The number of carbonyl (C=O) groups excluding carboxylic acids is 1. The molecule has 1 fully saturated rings. The summed E-state index contributed by atoms with van der Waals surface area (Å²) in [5.74, 6) is -1.81. The lowest BCUT2D eigenvalue weighted by atomic mass is 10.0. The number of nitrogens with two attached hydrogens (primary N) is 1. The normalized spacial score (nSPS) is 14.2. The van der Waals surface area contributed by atoms with E-state index >= 15 is 0 Å². The molecule has 1 aliphatic heterocycles. The van der Waals surface area contributed by atoms with E-state index in [0.717, 1.165) is 44.1 Å². The number of rotatable bonds is 7. The molecule has 14 heteroatoms. The lowest BCUT2D eigenvalue weighted by Crippen LogP contribution is -2.34. The van der Waals surface area contributed by atoms with Crippen LogP contribution in [0.3, 0.4) is 0 Å². The molecule has 0 spiro atoms. The van der Waals surface area contributed by atoms with Gasteiger partial charge in [0.25, 0.3) is 5.91 Å². The Balaban J connectivity index is 1.24. The van der Waals surface area contributed by atoms with Crippen molar-refractivity contribution in [2.24, 2.45) is 0 Å². The number of nitrogens with one attached hydrogen (secondary N) is 1. The summed E-state index contributed by atoms with van der Waals surface area (Å²) in [6.07, 6.45) is -1.76. The van der Waals surface area contributed by atoms with E-state index in [9.17, 15) is 27.6 Å². The van der Waals surface area contributed by atoms with E-state index in [1.807, 2.05) is 22.9 Å². The zero-order valence-corrected chi connectivity index (χ0v) is 25.1. The number of benzene rings is 3. The van der Waals surface area contributed by atoms with Gasteiger partial charge in [0.2, 0.25) is 0 Å². The van der Waals surface area contributed by atoms with Gasteiger partial charge in [0, 0.05) is 25.2 Å². The number of ether oxygens (including phenoxy) is 1. The number of methoxy groups -OCH3 is 1. The quantitative estimate of drug-likeness (QED) is 0.200. The highest BCUT2D eigenvalue weighted by Gasteiger charge is 2.32. The molecule has 0 saturated carbocycles. The Morgan fingerprint density at radius 2 is 1.89 bits per heavy atom. The predicted molar refractivity (Wildman–Crippen MR) is 166 cm³/mol. The van der Waals surface area contributed by atoms with E-state index in [-0.39, 0.29) is 29.4 Å². The largest absolute Gasteiger partial charge is 0.495 e. The first-order chi connectivity index (χ1) is 22.5. The van der Waals surface area contributed by atoms with Gasteiger partial charge >= 0.3 is 6.18 Å². The van der Waals surface area contributed by atoms with E-state index in [0.29, 0.717) is 33.9 Å². The Kier molecular flexibility index (Phi) is 8.48. The number of carbonyl (C=O) groups is 1. The van der Waals surface area contributed by atoms with E-state index in [1.54, 1.807) is 18.2 Å². The zero-order chi connectivity index (χ0) is 33.3. The van der Waals surface area contributed by atoms with E-state index in [4.69, 9.17) is 15.6 Å². The number of hydrogen-bond donors (Lipinski definition) is 2. The van der Waals surface area contributed by atoms with Crippen molar-refractivity contribution in [2.75, 3.05) is 31.2 Å². The highest BCUT2D eigenvalue weighted by molar-refractivity contribution is 6.06. The topological polar surface area (TPSA) is 135 Å². The molecule has 3 aromatic carbocycles. The summed E-state index contributed by atoms with van der Waals surface area (Å²) in [7, 11) is 1.38. The first kappa shape index (κ1) is 31.4. The van der Waals surface area contributed by atoms with Gasteiger partial charge in [0.05, 0.1) is 47.0 Å². The number of alkyl halides is 3. The summed E-state index contributed by atoms with van der Waals surface area (Å²) in [4.78, 5) is 23.8. The lowest BCUT2D eigenvalue weighted by molar-refractivity contribution is -0.137. The van der Waals surface area contributed by atoms with Crippen molar-refractivity contribution in [1.29, 1.82) is 5.26 Å². The highest BCUT2D eigenvalue weighted by Crippen LogP contribution is 2.38. The van der Waals surface area contributed by atoms with Gasteiger partial charge in [-0.2, -0.15) is 23.5 Å². The number of aromatic nitrogens is 4. The van der Waals surface area contributed by atoms with Gasteiger partial charge in [-0.3, -0.25) is 9.69 Å². The molecule has 3 heterocycles. The second kappa shape index (κ2) is 12.7. The molecule has 0 radical (unpaired) electrons. The van der Waals surface area contributed by atoms with Crippen LogP contribution >= 0.6 is 0 Å². The van der Waals surface area contributed by atoms with Crippen LogP contribution in [0.5, 0.6) is 5.75 Å². The van der Waals surface area contributed by atoms with Gasteiger partial charge in [0.1, 0.15) is 29.4 Å². The fourth-order valence-corrected chi connectivity index (χ4v) is 5.78. The minimum absolute atomic E-state index is 0.0290. The van der Waals surface area contributed by atoms with Gasteiger partial charge in [-0.05, 0) is 60.9 Å². The molecule has 0 unspecified atom stereocenters. The summed E-state index contributed by atoms with van der Waals surface area (Å²) in [5, 5.41) is 17.2. The van der Waals surface area contributed by atoms with Crippen LogP contribution in [0, 0.1) is 17.1 Å². The maximum absolute atomic E-state index is 14.5. The minimum Gasteiger partial charge on any atom is -0.495 e. The average molecular weight is 645 g/mol. The maximum Gasteiger partial charge on any atom is 0.416 e. The van der Waals surface area contributed by atoms with Crippen molar-refractivity contribution in [3.05, 3.63) is 95.1 Å². The average Bonchev–Trinajstić information content (AvgIpc) is 3.46. The number of nitriles is 1. The second-order valence-electron chi connectivity index (χ2n) is 11.1. The van der Waals surface area contributed by atoms with Crippen molar-refractivity contribution in [1.82, 2.24) is 24.6 Å². The Labute approximate surface area is 266 Å². The van der Waals surface area contributed by atoms with Crippen LogP contribution in [0.2, 0.25) is 0 Å². The molecular weight excluding hydrogens is 616 g/mol. The SMILES string of the molecule is COc1cc(-c2nn(C3CCN(Cc4cccc(C#N)c4)CC3)c3ncnc(N)c23)ccc1NC(=O)c1ccc(C(F)(F)F)cc1F. The number of hydrogen-bond acceptors (Lipinski definition) is 8. The summed E-state index contributed by atoms with van der Waals surface area (Å²) in [6, 6.07) is 16.3. The van der Waals surface area contributed by atoms with Crippen LogP contribution in [-0.4, -0.2) is 50.8 Å². The second-order valence-corrected chi connectivity index (χ2v) is 11.1. The van der Waals surface area contributed by atoms with Crippen molar-refractivity contribution in [2.45, 2.75) is 31.6 Å². The van der Waals surface area contributed by atoms with E-state index < -0.39 is 29.0 Å². The fraction of sp³-hybridized carbons (Fsp3) is 0.242. The number of nitrogens with zero attached hydrogens (tertiary/aromatic N) is 6. The van der Waals surface area contributed by atoms with Gasteiger partial charge in [-0.15, -0.1) is 0 Å². The number of halogens is 4. The first-order valence-corrected chi connectivity index (χ1v) is 14.6. The smallest absolute Gasteiger partial charge is 0.416 e. The molecule has 2 aromatic heterocycles. The molecule has 1 amide bonds. The standard InChI is InChI=1S/C33H28F4N8O2/c1-47-27-14-21(5-8-26(27)42-32(46)24-7-6-22(15-25(24)34)33(35,36)37)29-28-30(39)40-18-41-31(28)45(43-29)23-9-11-44(12-10-23)17-20-4-2-3-19(13-20)16-38/h2-8,13-15,18,23H,9-12,17H2,1H3,(H,42,46)(H2,39,40,41). The van der Waals surface area contributed by atoms with E-state index in [2.05, 4.69) is 26.3 Å². The van der Waals surface area contributed by atoms with Crippen molar-refractivity contribution < 1.29 is 27.1 Å². The molecule has 0 bridgehead atoms.